The van der Waals surface area contributed by atoms with Crippen molar-refractivity contribution < 1.29 is 14.3 Å². The van der Waals surface area contributed by atoms with Crippen LogP contribution in [0, 0.1) is 0 Å². The second-order valence-electron chi connectivity index (χ2n) is 6.98. The van der Waals surface area contributed by atoms with Crippen LogP contribution in [0.4, 0.5) is 11.4 Å². The Balaban J connectivity index is 1.35. The predicted molar refractivity (Wildman–Crippen MR) is 116 cm³/mol. The molecule has 2 aromatic carbocycles. The van der Waals surface area contributed by atoms with E-state index in [0.29, 0.717) is 23.8 Å². The Morgan fingerprint density at radius 2 is 1.97 bits per heavy atom. The largest absolute Gasteiger partial charge is 0.495 e. The molecule has 152 valence electrons. The van der Waals surface area contributed by atoms with Gasteiger partial charge in [-0.3, -0.25) is 9.59 Å². The van der Waals surface area contributed by atoms with Gasteiger partial charge < -0.3 is 19.9 Å². The summed E-state index contributed by atoms with van der Waals surface area (Å²) in [5.74, 6) is 0.696. The molecular weight excluding hydrogens is 410 g/mol. The number of carbonyl (C=O) groups excluding carboxylic acids is 2. The first kappa shape index (κ1) is 19.9. The van der Waals surface area contributed by atoms with Crippen LogP contribution in [0.15, 0.2) is 47.4 Å². The molecule has 2 heterocycles. The molecule has 1 atom stereocenters. The van der Waals surface area contributed by atoms with Crippen LogP contribution in [0.2, 0.25) is 5.02 Å². The molecule has 1 saturated heterocycles. The minimum absolute atomic E-state index is 0.00902. The minimum atomic E-state index is -0.427. The van der Waals surface area contributed by atoms with Crippen molar-refractivity contribution in [1.82, 2.24) is 4.90 Å². The first-order valence-corrected chi connectivity index (χ1v) is 10.7. The second-order valence-corrected chi connectivity index (χ2v) is 8.66. The van der Waals surface area contributed by atoms with Crippen molar-refractivity contribution in [3.8, 4) is 5.75 Å². The fourth-order valence-electron chi connectivity index (χ4n) is 3.63. The van der Waals surface area contributed by atoms with Crippen LogP contribution in [-0.4, -0.2) is 55.3 Å². The zero-order valence-corrected chi connectivity index (χ0v) is 17.6. The third-order valence-electron chi connectivity index (χ3n) is 5.18. The van der Waals surface area contributed by atoms with Crippen LogP contribution >= 0.6 is 23.4 Å². The quantitative estimate of drug-likeness (QED) is 0.802. The maximum atomic E-state index is 12.8. The highest BCUT2D eigenvalue weighted by molar-refractivity contribution is 8.01. The van der Waals surface area contributed by atoms with E-state index in [-0.39, 0.29) is 18.2 Å². The van der Waals surface area contributed by atoms with Crippen LogP contribution in [0.1, 0.15) is 6.42 Å². The summed E-state index contributed by atoms with van der Waals surface area (Å²) in [6.07, 6.45) is 0.188. The molecule has 6 nitrogen and oxygen atoms in total. The summed E-state index contributed by atoms with van der Waals surface area (Å²) in [6.45, 7) is 2.72. The Hall–Kier alpha value is -2.38. The Morgan fingerprint density at radius 3 is 2.72 bits per heavy atom. The summed E-state index contributed by atoms with van der Waals surface area (Å²) < 4.78 is 5.44. The lowest BCUT2D eigenvalue weighted by atomic mass is 10.2. The number of hydrogen-bond donors (Lipinski definition) is 1. The molecule has 2 aliphatic rings. The molecule has 8 heteroatoms. The molecule has 0 saturated carbocycles. The van der Waals surface area contributed by atoms with Gasteiger partial charge in [0.15, 0.2) is 0 Å². The highest BCUT2D eigenvalue weighted by Gasteiger charge is 2.32. The number of hydrogen-bond acceptors (Lipinski definition) is 5. The number of para-hydroxylation sites is 2. The van der Waals surface area contributed by atoms with E-state index in [2.05, 4.69) is 10.2 Å². The predicted octanol–water partition coefficient (Wildman–Crippen LogP) is 3.50. The van der Waals surface area contributed by atoms with Gasteiger partial charge in [-0.2, -0.15) is 0 Å². The molecule has 0 unspecified atom stereocenters. The van der Waals surface area contributed by atoms with E-state index in [4.69, 9.17) is 16.3 Å². The van der Waals surface area contributed by atoms with Gasteiger partial charge in [-0.05, 0) is 30.3 Å². The Bertz CT molecular complexity index is 931. The van der Waals surface area contributed by atoms with Crippen molar-refractivity contribution in [1.29, 1.82) is 0 Å². The number of nitrogens with zero attached hydrogens (tertiary/aromatic N) is 2. The van der Waals surface area contributed by atoms with E-state index in [1.165, 1.54) is 11.8 Å². The zero-order valence-electron chi connectivity index (χ0n) is 16.1. The first-order chi connectivity index (χ1) is 14.0. The number of rotatable bonds is 4. The highest BCUT2D eigenvalue weighted by atomic mass is 35.5. The van der Waals surface area contributed by atoms with E-state index < -0.39 is 5.25 Å². The number of carbonyl (C=O) groups is 2. The molecule has 1 fully saturated rings. The Kier molecular flexibility index (Phi) is 5.87. The summed E-state index contributed by atoms with van der Waals surface area (Å²) in [6, 6.07) is 13.3. The standard InChI is InChI=1S/C21H22ClN3O3S/c1-28-17-5-3-2-4-16(17)24-8-10-25(11-9-24)20(26)13-19-21(27)23-15-12-14(22)6-7-18(15)29-19/h2-7,12,19H,8-11,13H2,1H3,(H,23,27)/t19-/m1/s1. The summed E-state index contributed by atoms with van der Waals surface area (Å²) >= 11 is 7.41. The molecule has 2 aromatic rings. The number of methoxy groups -OCH3 is 1. The van der Waals surface area contributed by atoms with Gasteiger partial charge in [0.05, 0.1) is 23.7 Å². The molecule has 0 aliphatic carbocycles. The molecule has 2 aliphatic heterocycles. The third kappa shape index (κ3) is 4.31. The van der Waals surface area contributed by atoms with Crippen LogP contribution in [0.5, 0.6) is 5.75 Å². The Labute approximate surface area is 179 Å². The van der Waals surface area contributed by atoms with E-state index in [1.54, 1.807) is 19.2 Å². The number of fused-ring (bicyclic) bond motifs is 1. The minimum Gasteiger partial charge on any atom is -0.495 e. The lowest BCUT2D eigenvalue weighted by Gasteiger charge is -2.37. The smallest absolute Gasteiger partial charge is 0.238 e. The van der Waals surface area contributed by atoms with Gasteiger partial charge in [0.25, 0.3) is 0 Å². The molecule has 4 rings (SSSR count). The molecule has 0 bridgehead atoms. The van der Waals surface area contributed by atoms with Gasteiger partial charge in [0.2, 0.25) is 11.8 Å². The fourth-order valence-corrected chi connectivity index (χ4v) is 4.89. The van der Waals surface area contributed by atoms with Crippen molar-refractivity contribution in [3.63, 3.8) is 0 Å². The number of nitrogens with one attached hydrogen (secondary N) is 1. The van der Waals surface area contributed by atoms with Gasteiger partial charge in [-0.15, -0.1) is 11.8 Å². The number of ether oxygens (including phenoxy) is 1. The molecule has 1 N–H and O–H groups in total. The highest BCUT2D eigenvalue weighted by Crippen LogP contribution is 2.38. The zero-order chi connectivity index (χ0) is 20.4. The van der Waals surface area contributed by atoms with Crippen LogP contribution in [0.25, 0.3) is 0 Å². The van der Waals surface area contributed by atoms with Gasteiger partial charge in [0, 0.05) is 42.5 Å². The van der Waals surface area contributed by atoms with Crippen molar-refractivity contribution in [2.45, 2.75) is 16.6 Å². The van der Waals surface area contributed by atoms with Crippen molar-refractivity contribution >= 4 is 46.6 Å². The average molecular weight is 432 g/mol. The Morgan fingerprint density at radius 1 is 1.21 bits per heavy atom. The van der Waals surface area contributed by atoms with E-state index >= 15 is 0 Å². The number of halogens is 1. The van der Waals surface area contributed by atoms with E-state index in [0.717, 1.165) is 29.4 Å². The lowest BCUT2D eigenvalue weighted by Crippen LogP contribution is -2.49. The van der Waals surface area contributed by atoms with Crippen LogP contribution < -0.4 is 15.0 Å². The number of thioether (sulfide) groups is 1. The normalized spacial score (nSPS) is 18.8. The number of anilines is 2. The molecular formula is C21H22ClN3O3S. The van der Waals surface area contributed by atoms with Crippen LogP contribution in [0.3, 0.4) is 0 Å². The molecule has 2 amide bonds. The number of piperazine rings is 1. The summed E-state index contributed by atoms with van der Waals surface area (Å²) in [7, 11) is 1.66. The van der Waals surface area contributed by atoms with E-state index in [9.17, 15) is 9.59 Å². The first-order valence-electron chi connectivity index (χ1n) is 9.48. The maximum Gasteiger partial charge on any atom is 0.238 e. The van der Waals surface area contributed by atoms with E-state index in [1.807, 2.05) is 35.2 Å². The van der Waals surface area contributed by atoms with Crippen LogP contribution in [-0.2, 0) is 9.59 Å². The van der Waals surface area contributed by atoms with Crippen molar-refractivity contribution in [2.75, 3.05) is 43.5 Å². The summed E-state index contributed by atoms with van der Waals surface area (Å²) in [5.41, 5.74) is 1.75. The molecule has 0 radical (unpaired) electrons. The van der Waals surface area contributed by atoms with Gasteiger partial charge >= 0.3 is 0 Å². The molecule has 29 heavy (non-hydrogen) atoms. The van der Waals surface area contributed by atoms with Gasteiger partial charge in [-0.1, -0.05) is 23.7 Å². The molecule has 0 aromatic heterocycles. The van der Waals surface area contributed by atoms with Gasteiger partial charge in [0.1, 0.15) is 5.75 Å². The lowest BCUT2D eigenvalue weighted by molar-refractivity contribution is -0.132. The topological polar surface area (TPSA) is 61.9 Å². The fraction of sp³-hybridized carbons (Fsp3) is 0.333. The SMILES string of the molecule is COc1ccccc1N1CCN(C(=O)C[C@H]2Sc3ccc(Cl)cc3NC2=O)CC1. The third-order valence-corrected chi connectivity index (χ3v) is 6.69. The molecule has 0 spiro atoms. The summed E-state index contributed by atoms with van der Waals surface area (Å²) in [5, 5.41) is 3.01. The monoisotopic (exact) mass is 431 g/mol. The number of benzene rings is 2. The number of amides is 2. The maximum absolute atomic E-state index is 12.8. The second kappa shape index (κ2) is 8.55. The summed E-state index contributed by atoms with van der Waals surface area (Å²) in [4.78, 5) is 30.2. The van der Waals surface area contributed by atoms with Crippen molar-refractivity contribution in [2.24, 2.45) is 0 Å². The average Bonchev–Trinajstić information content (AvgIpc) is 2.74. The van der Waals surface area contributed by atoms with Crippen molar-refractivity contribution in [3.05, 3.63) is 47.5 Å². The van der Waals surface area contributed by atoms with Gasteiger partial charge in [-0.25, -0.2) is 0 Å².